The second-order valence-electron chi connectivity index (χ2n) is 5.49. The lowest BCUT2D eigenvalue weighted by Crippen LogP contribution is -2.23. The van der Waals surface area contributed by atoms with Crippen molar-refractivity contribution in [2.45, 2.75) is 26.4 Å². The quantitative estimate of drug-likeness (QED) is 0.612. The van der Waals surface area contributed by atoms with Gasteiger partial charge in [0, 0.05) is 0 Å². The van der Waals surface area contributed by atoms with Crippen LogP contribution in [0.4, 0.5) is 5.69 Å². The standard InChI is InChI=1S/C16H17NO3/c1-16(2,3)20-14-11-7-10-13(15(14)17(18)19)12-8-5-4-6-9-12/h4-11H,1-3H3. The molecule has 0 unspecified atom stereocenters. The van der Waals surface area contributed by atoms with Crippen LogP contribution >= 0.6 is 0 Å². The fourth-order valence-corrected chi connectivity index (χ4v) is 1.97. The lowest BCUT2D eigenvalue weighted by Gasteiger charge is -2.21. The molecule has 104 valence electrons. The van der Waals surface area contributed by atoms with Crippen molar-refractivity contribution in [1.29, 1.82) is 0 Å². The van der Waals surface area contributed by atoms with Gasteiger partial charge < -0.3 is 4.74 Å². The van der Waals surface area contributed by atoms with E-state index in [0.717, 1.165) is 5.56 Å². The molecule has 4 heteroatoms. The molecular weight excluding hydrogens is 254 g/mol. The summed E-state index contributed by atoms with van der Waals surface area (Å²) in [5.41, 5.74) is 0.893. The molecule has 0 atom stereocenters. The molecule has 2 aromatic rings. The zero-order chi connectivity index (χ0) is 14.8. The molecule has 0 fully saturated rings. The van der Waals surface area contributed by atoms with Gasteiger partial charge in [0.15, 0.2) is 5.75 Å². The normalized spacial score (nSPS) is 11.2. The Hall–Kier alpha value is -2.36. The maximum absolute atomic E-state index is 11.4. The summed E-state index contributed by atoms with van der Waals surface area (Å²) in [6, 6.07) is 14.4. The van der Waals surface area contributed by atoms with Crippen LogP contribution < -0.4 is 4.74 Å². The number of para-hydroxylation sites is 1. The van der Waals surface area contributed by atoms with Crippen molar-refractivity contribution in [3.8, 4) is 16.9 Å². The van der Waals surface area contributed by atoms with Crippen molar-refractivity contribution < 1.29 is 9.66 Å². The molecule has 0 radical (unpaired) electrons. The minimum Gasteiger partial charge on any atom is -0.481 e. The van der Waals surface area contributed by atoms with Gasteiger partial charge in [-0.05, 0) is 38.5 Å². The minimum atomic E-state index is -0.486. The zero-order valence-electron chi connectivity index (χ0n) is 11.8. The van der Waals surface area contributed by atoms with E-state index in [1.807, 2.05) is 51.1 Å². The molecule has 0 aliphatic rings. The maximum Gasteiger partial charge on any atom is 0.318 e. The maximum atomic E-state index is 11.4. The van der Waals surface area contributed by atoms with Crippen molar-refractivity contribution >= 4 is 5.69 Å². The van der Waals surface area contributed by atoms with Gasteiger partial charge in [-0.1, -0.05) is 36.4 Å². The first-order chi connectivity index (χ1) is 9.38. The summed E-state index contributed by atoms with van der Waals surface area (Å²) in [4.78, 5) is 11.0. The predicted octanol–water partition coefficient (Wildman–Crippen LogP) is 4.44. The summed E-state index contributed by atoms with van der Waals surface area (Å²) in [7, 11) is 0. The predicted molar refractivity (Wildman–Crippen MR) is 78.9 cm³/mol. The van der Waals surface area contributed by atoms with E-state index in [0.29, 0.717) is 11.3 Å². The number of nitrogens with zero attached hydrogens (tertiary/aromatic N) is 1. The number of rotatable bonds is 3. The van der Waals surface area contributed by atoms with E-state index < -0.39 is 5.60 Å². The third-order valence-corrected chi connectivity index (χ3v) is 2.68. The third-order valence-electron chi connectivity index (χ3n) is 2.68. The van der Waals surface area contributed by atoms with Crippen LogP contribution in [0.2, 0.25) is 0 Å². The first kappa shape index (κ1) is 14.1. The van der Waals surface area contributed by atoms with E-state index in [9.17, 15) is 10.1 Å². The Morgan fingerprint density at radius 1 is 1.00 bits per heavy atom. The molecule has 0 aliphatic heterocycles. The van der Waals surface area contributed by atoms with Crippen molar-refractivity contribution in [3.05, 3.63) is 58.6 Å². The lowest BCUT2D eigenvalue weighted by atomic mass is 10.0. The highest BCUT2D eigenvalue weighted by molar-refractivity contribution is 5.77. The van der Waals surface area contributed by atoms with Crippen LogP contribution in [0, 0.1) is 10.1 Å². The number of hydrogen-bond donors (Lipinski definition) is 0. The Morgan fingerprint density at radius 3 is 2.20 bits per heavy atom. The van der Waals surface area contributed by atoms with Crippen LogP contribution in [0.5, 0.6) is 5.75 Å². The van der Waals surface area contributed by atoms with Crippen LogP contribution in [0.3, 0.4) is 0 Å². The van der Waals surface area contributed by atoms with Crippen molar-refractivity contribution in [2.24, 2.45) is 0 Å². The Kier molecular flexibility index (Phi) is 3.74. The summed E-state index contributed by atoms with van der Waals surface area (Å²) < 4.78 is 5.71. The second kappa shape index (κ2) is 5.33. The highest BCUT2D eigenvalue weighted by Crippen LogP contribution is 2.38. The van der Waals surface area contributed by atoms with Gasteiger partial charge >= 0.3 is 5.69 Å². The number of nitro groups is 1. The van der Waals surface area contributed by atoms with Gasteiger partial charge in [0.25, 0.3) is 0 Å². The molecule has 0 heterocycles. The fraction of sp³-hybridized carbons (Fsp3) is 0.250. The fourth-order valence-electron chi connectivity index (χ4n) is 1.97. The van der Waals surface area contributed by atoms with Crippen molar-refractivity contribution in [3.63, 3.8) is 0 Å². The number of benzene rings is 2. The zero-order valence-corrected chi connectivity index (χ0v) is 11.8. The molecule has 0 amide bonds. The Balaban J connectivity index is 2.59. The summed E-state index contributed by atoms with van der Waals surface area (Å²) in [5.74, 6) is 0.295. The second-order valence-corrected chi connectivity index (χ2v) is 5.49. The van der Waals surface area contributed by atoms with E-state index in [2.05, 4.69) is 0 Å². The van der Waals surface area contributed by atoms with Crippen molar-refractivity contribution in [1.82, 2.24) is 0 Å². The van der Waals surface area contributed by atoms with Gasteiger partial charge in [-0.2, -0.15) is 0 Å². The van der Waals surface area contributed by atoms with Gasteiger partial charge in [-0.3, -0.25) is 10.1 Å². The summed E-state index contributed by atoms with van der Waals surface area (Å²) in [6.45, 7) is 5.60. The van der Waals surface area contributed by atoms with Crippen LogP contribution in [-0.4, -0.2) is 10.5 Å². The molecule has 0 bridgehead atoms. The summed E-state index contributed by atoms with van der Waals surface area (Å²) in [6.07, 6.45) is 0. The first-order valence-corrected chi connectivity index (χ1v) is 6.40. The minimum absolute atomic E-state index is 0.00799. The SMILES string of the molecule is CC(C)(C)Oc1cccc(-c2ccccc2)c1[N+](=O)[O-]. The highest BCUT2D eigenvalue weighted by Gasteiger charge is 2.25. The van der Waals surface area contributed by atoms with Gasteiger partial charge in [0.1, 0.15) is 5.60 Å². The Labute approximate surface area is 118 Å². The summed E-state index contributed by atoms with van der Waals surface area (Å²) in [5, 5.41) is 11.4. The smallest absolute Gasteiger partial charge is 0.318 e. The highest BCUT2D eigenvalue weighted by atomic mass is 16.6. The van der Waals surface area contributed by atoms with E-state index in [1.165, 1.54) is 0 Å². The number of hydrogen-bond acceptors (Lipinski definition) is 3. The average molecular weight is 271 g/mol. The van der Waals surface area contributed by atoms with Gasteiger partial charge in [-0.15, -0.1) is 0 Å². The van der Waals surface area contributed by atoms with Crippen molar-refractivity contribution in [2.75, 3.05) is 0 Å². The average Bonchev–Trinajstić information content (AvgIpc) is 2.37. The topological polar surface area (TPSA) is 52.4 Å². The Bertz CT molecular complexity index is 615. The molecule has 20 heavy (non-hydrogen) atoms. The van der Waals surface area contributed by atoms with Gasteiger partial charge in [0.05, 0.1) is 10.5 Å². The third kappa shape index (κ3) is 3.15. The van der Waals surface area contributed by atoms with E-state index in [1.54, 1.807) is 18.2 Å². The van der Waals surface area contributed by atoms with Crippen LogP contribution in [0.25, 0.3) is 11.1 Å². The van der Waals surface area contributed by atoms with Gasteiger partial charge in [0.2, 0.25) is 0 Å². The van der Waals surface area contributed by atoms with E-state index in [-0.39, 0.29) is 10.6 Å². The molecule has 0 N–H and O–H groups in total. The van der Waals surface area contributed by atoms with E-state index in [4.69, 9.17) is 4.74 Å². The molecule has 0 saturated carbocycles. The molecule has 0 aliphatic carbocycles. The van der Waals surface area contributed by atoms with Crippen LogP contribution in [0.15, 0.2) is 48.5 Å². The monoisotopic (exact) mass is 271 g/mol. The van der Waals surface area contributed by atoms with Crippen LogP contribution in [-0.2, 0) is 0 Å². The first-order valence-electron chi connectivity index (χ1n) is 6.40. The molecule has 0 spiro atoms. The molecule has 2 aromatic carbocycles. The van der Waals surface area contributed by atoms with Crippen LogP contribution in [0.1, 0.15) is 20.8 Å². The number of ether oxygens (including phenoxy) is 1. The largest absolute Gasteiger partial charge is 0.481 e. The molecular formula is C16H17NO3. The lowest BCUT2D eigenvalue weighted by molar-refractivity contribution is -0.385. The van der Waals surface area contributed by atoms with Gasteiger partial charge in [-0.25, -0.2) is 0 Å². The summed E-state index contributed by atoms with van der Waals surface area (Å²) >= 11 is 0. The molecule has 2 rings (SSSR count). The molecule has 0 aromatic heterocycles. The number of nitro benzene ring substituents is 1. The molecule has 0 saturated heterocycles. The molecule has 4 nitrogen and oxygen atoms in total. The Morgan fingerprint density at radius 2 is 1.65 bits per heavy atom. The van der Waals surface area contributed by atoms with E-state index >= 15 is 0 Å².